The van der Waals surface area contributed by atoms with Gasteiger partial charge < -0.3 is 10.4 Å². The minimum atomic E-state index is -1.13. The zero-order valence-corrected chi connectivity index (χ0v) is 11.0. The molecule has 20 heavy (non-hydrogen) atoms. The van der Waals surface area contributed by atoms with Crippen molar-refractivity contribution in [1.29, 1.82) is 0 Å². The van der Waals surface area contributed by atoms with Crippen molar-refractivity contribution in [2.24, 2.45) is 16.8 Å². The Kier molecular flexibility index (Phi) is 3.36. The lowest BCUT2D eigenvalue weighted by Crippen LogP contribution is -2.43. The van der Waals surface area contributed by atoms with E-state index < -0.39 is 11.9 Å². The lowest BCUT2D eigenvalue weighted by molar-refractivity contribution is -0.138. The van der Waals surface area contributed by atoms with Crippen LogP contribution < -0.4 is 5.32 Å². The number of fused-ring (bicyclic) bond motifs is 1. The van der Waals surface area contributed by atoms with Gasteiger partial charge in [-0.3, -0.25) is 14.6 Å². The summed E-state index contributed by atoms with van der Waals surface area (Å²) in [5, 5.41) is 12.7. The summed E-state index contributed by atoms with van der Waals surface area (Å²) >= 11 is 0. The monoisotopic (exact) mass is 272 g/mol. The van der Waals surface area contributed by atoms with Crippen molar-refractivity contribution in [3.63, 3.8) is 0 Å². The molecule has 2 aliphatic rings. The Labute approximate surface area is 116 Å². The van der Waals surface area contributed by atoms with Crippen molar-refractivity contribution in [3.05, 3.63) is 29.8 Å². The number of carboxylic acids is 1. The van der Waals surface area contributed by atoms with Gasteiger partial charge in [-0.25, -0.2) is 0 Å². The molecule has 2 atom stereocenters. The molecule has 2 aliphatic heterocycles. The number of aliphatic carboxylic acids is 1. The van der Waals surface area contributed by atoms with Gasteiger partial charge in [-0.15, -0.1) is 0 Å². The summed E-state index contributed by atoms with van der Waals surface area (Å²) in [5.41, 5.74) is 1.51. The smallest absolute Gasteiger partial charge is 0.320 e. The molecule has 0 amide bonds. The van der Waals surface area contributed by atoms with Gasteiger partial charge in [0.25, 0.3) is 0 Å². The number of ketones is 1. The van der Waals surface area contributed by atoms with Gasteiger partial charge in [0.1, 0.15) is 0 Å². The number of carbonyl (C=O) groups excluding carboxylic acids is 1. The van der Waals surface area contributed by atoms with Crippen LogP contribution in [0.5, 0.6) is 0 Å². The molecule has 104 valence electrons. The molecule has 5 heteroatoms. The quantitative estimate of drug-likeness (QED) is 0.802. The first-order valence-electron chi connectivity index (χ1n) is 6.83. The molecular formula is C15H16N2O3. The second-order valence-corrected chi connectivity index (χ2v) is 5.23. The van der Waals surface area contributed by atoms with Crippen LogP contribution in [-0.4, -0.2) is 35.7 Å². The highest BCUT2D eigenvalue weighted by Crippen LogP contribution is 2.32. The first kappa shape index (κ1) is 13.0. The number of hydrogen-bond acceptors (Lipinski definition) is 4. The zero-order chi connectivity index (χ0) is 14.1. The van der Waals surface area contributed by atoms with Crippen LogP contribution in [0.2, 0.25) is 0 Å². The topological polar surface area (TPSA) is 78.8 Å². The van der Waals surface area contributed by atoms with Crippen LogP contribution in [0, 0.1) is 11.8 Å². The van der Waals surface area contributed by atoms with E-state index >= 15 is 0 Å². The molecule has 2 heterocycles. The summed E-state index contributed by atoms with van der Waals surface area (Å²) in [5.74, 6) is -2.55. The third-order valence-electron chi connectivity index (χ3n) is 3.94. The molecule has 0 saturated carbocycles. The summed E-state index contributed by atoms with van der Waals surface area (Å²) in [6.07, 6.45) is 1.86. The normalized spacial score (nSPS) is 25.8. The van der Waals surface area contributed by atoms with E-state index in [2.05, 4.69) is 10.3 Å². The maximum atomic E-state index is 12.4. The Morgan fingerprint density at radius 3 is 2.85 bits per heavy atom. The number of benzene rings is 1. The average Bonchev–Trinajstić information content (AvgIpc) is 2.47. The SMILES string of the molecule is O=C(O)C1C(=O)c2ccccc2N=C1C1CCCNC1. The number of hydrogen-bond donors (Lipinski definition) is 2. The van der Waals surface area contributed by atoms with E-state index in [4.69, 9.17) is 0 Å². The number of carboxylic acid groups (broad SMARTS) is 1. The van der Waals surface area contributed by atoms with E-state index in [1.165, 1.54) is 0 Å². The lowest BCUT2D eigenvalue weighted by Gasteiger charge is -2.29. The van der Waals surface area contributed by atoms with Gasteiger partial charge in [0.05, 0.1) is 5.69 Å². The van der Waals surface area contributed by atoms with E-state index in [0.717, 1.165) is 19.4 Å². The molecular weight excluding hydrogens is 256 g/mol. The van der Waals surface area contributed by atoms with Gasteiger partial charge in [-0.1, -0.05) is 12.1 Å². The number of carbonyl (C=O) groups is 2. The summed E-state index contributed by atoms with van der Waals surface area (Å²) in [4.78, 5) is 28.4. The van der Waals surface area contributed by atoms with Crippen LogP contribution in [0.4, 0.5) is 5.69 Å². The van der Waals surface area contributed by atoms with Crippen LogP contribution in [-0.2, 0) is 4.79 Å². The molecule has 2 N–H and O–H groups in total. The summed E-state index contributed by atoms with van der Waals surface area (Å²) in [7, 11) is 0. The van der Waals surface area contributed by atoms with Crippen LogP contribution in [0.3, 0.4) is 0 Å². The highest BCUT2D eigenvalue weighted by atomic mass is 16.4. The first-order chi connectivity index (χ1) is 9.68. The number of nitrogens with zero attached hydrogens (tertiary/aromatic N) is 1. The van der Waals surface area contributed by atoms with Crippen molar-refractivity contribution < 1.29 is 14.7 Å². The number of piperidine rings is 1. The van der Waals surface area contributed by atoms with Crippen molar-refractivity contribution in [2.75, 3.05) is 13.1 Å². The number of para-hydroxylation sites is 1. The fourth-order valence-electron chi connectivity index (χ4n) is 2.94. The van der Waals surface area contributed by atoms with Crippen molar-refractivity contribution in [3.8, 4) is 0 Å². The lowest BCUT2D eigenvalue weighted by atomic mass is 9.80. The van der Waals surface area contributed by atoms with Crippen LogP contribution in [0.25, 0.3) is 0 Å². The minimum Gasteiger partial charge on any atom is -0.480 e. The predicted molar refractivity (Wildman–Crippen MR) is 74.6 cm³/mol. The highest BCUT2D eigenvalue weighted by Gasteiger charge is 2.40. The molecule has 5 nitrogen and oxygen atoms in total. The van der Waals surface area contributed by atoms with Gasteiger partial charge in [-0.2, -0.15) is 0 Å². The summed E-state index contributed by atoms with van der Waals surface area (Å²) in [6.45, 7) is 1.63. The Balaban J connectivity index is 2.06. The first-order valence-corrected chi connectivity index (χ1v) is 6.83. The Hall–Kier alpha value is -2.01. The largest absolute Gasteiger partial charge is 0.480 e. The van der Waals surface area contributed by atoms with Crippen molar-refractivity contribution >= 4 is 23.2 Å². The fourth-order valence-corrected chi connectivity index (χ4v) is 2.94. The zero-order valence-electron chi connectivity index (χ0n) is 11.0. The number of rotatable bonds is 2. The Morgan fingerprint density at radius 1 is 1.35 bits per heavy atom. The van der Waals surface area contributed by atoms with Crippen molar-refractivity contribution in [1.82, 2.24) is 5.32 Å². The molecule has 1 aromatic rings. The second-order valence-electron chi connectivity index (χ2n) is 5.23. The van der Waals surface area contributed by atoms with Gasteiger partial charge in [0, 0.05) is 23.7 Å². The molecule has 0 aromatic heterocycles. The van der Waals surface area contributed by atoms with E-state index in [1.807, 2.05) is 6.07 Å². The molecule has 2 unspecified atom stereocenters. The number of nitrogens with one attached hydrogen (secondary N) is 1. The summed E-state index contributed by atoms with van der Waals surface area (Å²) in [6, 6.07) is 6.96. The number of Topliss-reactive ketones (excluding diaryl/α,β-unsaturated/α-hetero) is 1. The number of aliphatic imine (C=N–C) groups is 1. The van der Waals surface area contributed by atoms with Crippen LogP contribution in [0.15, 0.2) is 29.3 Å². The molecule has 3 rings (SSSR count). The minimum absolute atomic E-state index is 0.0298. The van der Waals surface area contributed by atoms with E-state index in [9.17, 15) is 14.7 Å². The molecule has 0 spiro atoms. The molecule has 1 aromatic carbocycles. The van der Waals surface area contributed by atoms with Gasteiger partial charge in [0.15, 0.2) is 11.7 Å². The van der Waals surface area contributed by atoms with Crippen LogP contribution in [0.1, 0.15) is 23.2 Å². The summed E-state index contributed by atoms with van der Waals surface area (Å²) < 4.78 is 0. The van der Waals surface area contributed by atoms with E-state index in [0.29, 0.717) is 23.5 Å². The van der Waals surface area contributed by atoms with Gasteiger partial charge in [0.2, 0.25) is 0 Å². The molecule has 0 radical (unpaired) electrons. The van der Waals surface area contributed by atoms with Gasteiger partial charge in [-0.05, 0) is 31.5 Å². The third kappa shape index (κ3) is 2.14. The predicted octanol–water partition coefficient (Wildman–Crippen LogP) is 1.66. The Morgan fingerprint density at radius 2 is 2.15 bits per heavy atom. The Bertz CT molecular complexity index is 589. The van der Waals surface area contributed by atoms with Gasteiger partial charge >= 0.3 is 5.97 Å². The maximum Gasteiger partial charge on any atom is 0.320 e. The molecule has 1 saturated heterocycles. The highest BCUT2D eigenvalue weighted by molar-refractivity contribution is 6.27. The molecule has 1 fully saturated rings. The molecule has 0 aliphatic carbocycles. The van der Waals surface area contributed by atoms with Crippen LogP contribution >= 0.6 is 0 Å². The average molecular weight is 272 g/mol. The van der Waals surface area contributed by atoms with E-state index in [1.54, 1.807) is 18.2 Å². The standard InChI is InChI=1S/C15H16N2O3/c18-14-10-5-1-2-6-11(10)17-13(12(14)15(19)20)9-4-3-7-16-8-9/h1-2,5-6,9,12,16H,3-4,7-8H2,(H,19,20). The molecule has 0 bridgehead atoms. The maximum absolute atomic E-state index is 12.4. The van der Waals surface area contributed by atoms with Crippen molar-refractivity contribution in [2.45, 2.75) is 12.8 Å². The fraction of sp³-hybridized carbons (Fsp3) is 0.400. The second kappa shape index (κ2) is 5.17. The third-order valence-corrected chi connectivity index (χ3v) is 3.94. The van der Waals surface area contributed by atoms with E-state index in [-0.39, 0.29) is 11.7 Å².